The Kier molecular flexibility index (Phi) is 9.27. The number of rotatable bonds is 10. The Hall–Kier alpha value is -4.59. The highest BCUT2D eigenvalue weighted by Gasteiger charge is 2.24. The van der Waals surface area contributed by atoms with Gasteiger partial charge in [-0.2, -0.15) is 8.78 Å². The summed E-state index contributed by atoms with van der Waals surface area (Å²) < 4.78 is 35.5. The monoisotopic (exact) mass is 550 g/mol. The first-order valence-corrected chi connectivity index (χ1v) is 11.1. The Labute approximate surface area is 219 Å². The number of hydrogen-bond donors (Lipinski definition) is 2. The zero-order valence-electron chi connectivity index (χ0n) is 20.2. The number of pyridine rings is 1. The largest absolute Gasteiger partial charge is 0.468 e. The number of aryl methyl sites for hydroxylation is 1. The Bertz CT molecular complexity index is 1380. The van der Waals surface area contributed by atoms with Gasteiger partial charge in [0.2, 0.25) is 5.88 Å². The van der Waals surface area contributed by atoms with E-state index in [4.69, 9.17) is 11.6 Å². The number of carbonyl (C=O) groups is 3. The van der Waals surface area contributed by atoms with Gasteiger partial charge in [0.05, 0.1) is 29.6 Å². The molecule has 38 heavy (non-hydrogen) atoms. The molecule has 0 bridgehead atoms. The molecule has 2 N–H and O–H groups in total. The van der Waals surface area contributed by atoms with Crippen LogP contribution in [-0.4, -0.2) is 66.1 Å². The number of aromatic nitrogens is 3. The Morgan fingerprint density at radius 1 is 1.21 bits per heavy atom. The fraction of sp³-hybridized carbons (Fsp3) is 0.217. The molecule has 0 unspecified atom stereocenters. The number of methoxy groups -OCH3 is 1. The maximum Gasteiger partial charge on any atom is 0.388 e. The van der Waals surface area contributed by atoms with Crippen molar-refractivity contribution >= 4 is 41.3 Å². The van der Waals surface area contributed by atoms with E-state index in [0.29, 0.717) is 11.1 Å². The average molecular weight is 551 g/mol. The van der Waals surface area contributed by atoms with E-state index >= 15 is 0 Å². The molecule has 0 atom stereocenters. The van der Waals surface area contributed by atoms with Crippen LogP contribution in [0.4, 0.5) is 14.5 Å². The molecule has 0 spiro atoms. The molecule has 200 valence electrons. The smallest absolute Gasteiger partial charge is 0.388 e. The molecule has 1 aromatic carbocycles. The number of benzene rings is 1. The van der Waals surface area contributed by atoms with Crippen molar-refractivity contribution in [1.82, 2.24) is 20.1 Å². The van der Waals surface area contributed by atoms with Crippen molar-refractivity contribution < 1.29 is 37.5 Å². The first-order valence-electron chi connectivity index (χ1n) is 10.7. The van der Waals surface area contributed by atoms with Gasteiger partial charge in [0.25, 0.3) is 11.8 Å². The lowest BCUT2D eigenvalue weighted by atomic mass is 10.0. The first kappa shape index (κ1) is 28.0. The van der Waals surface area contributed by atoms with E-state index in [-0.39, 0.29) is 27.8 Å². The number of nitrogens with one attached hydrogen (secondary N) is 2. The first-order chi connectivity index (χ1) is 18.1. The summed E-state index contributed by atoms with van der Waals surface area (Å²) in [6, 6.07) is 6.97. The summed E-state index contributed by atoms with van der Waals surface area (Å²) in [4.78, 5) is 46.6. The predicted molar refractivity (Wildman–Crippen MR) is 131 cm³/mol. The fourth-order valence-corrected chi connectivity index (χ4v) is 3.41. The van der Waals surface area contributed by atoms with Gasteiger partial charge in [-0.1, -0.05) is 16.8 Å². The fourth-order valence-electron chi connectivity index (χ4n) is 3.21. The van der Waals surface area contributed by atoms with Crippen molar-refractivity contribution in [3.63, 3.8) is 0 Å². The van der Waals surface area contributed by atoms with Crippen molar-refractivity contribution in [2.75, 3.05) is 26.1 Å². The van der Waals surface area contributed by atoms with Gasteiger partial charge in [-0.15, -0.1) is 5.10 Å². The average Bonchev–Trinajstić information content (AvgIpc) is 3.30. The molecule has 0 radical (unpaired) electrons. The second kappa shape index (κ2) is 12.6. The van der Waals surface area contributed by atoms with E-state index < -0.39 is 36.8 Å². The molecule has 0 aliphatic rings. The van der Waals surface area contributed by atoms with E-state index in [0.717, 1.165) is 17.9 Å². The second-order valence-corrected chi connectivity index (χ2v) is 7.76. The van der Waals surface area contributed by atoms with Crippen molar-refractivity contribution in [2.24, 2.45) is 5.16 Å². The molecule has 0 aliphatic heterocycles. The standard InChI is InChI=1S/C23H21ClF2N6O6/c1-12-7-13(10-29-37-3)8-14(21(34)28-11-18(33)36-2)19(12)30-22(35)16-9-17(38-23(25)26)31-32(16)20-15(24)5-4-6-27-20/h4-10,23H,11H2,1-3H3,(H,28,34)(H,30,35). The second-order valence-electron chi connectivity index (χ2n) is 7.36. The Balaban J connectivity index is 2.05. The Morgan fingerprint density at radius 3 is 2.63 bits per heavy atom. The van der Waals surface area contributed by atoms with Crippen molar-refractivity contribution in [1.29, 1.82) is 0 Å². The molecular weight excluding hydrogens is 530 g/mol. The highest BCUT2D eigenvalue weighted by molar-refractivity contribution is 6.32. The lowest BCUT2D eigenvalue weighted by Crippen LogP contribution is -2.31. The van der Waals surface area contributed by atoms with Gasteiger partial charge in [0, 0.05) is 12.3 Å². The summed E-state index contributed by atoms with van der Waals surface area (Å²) in [5, 5.41) is 12.6. The number of esters is 1. The molecule has 2 aromatic heterocycles. The third-order valence-corrected chi connectivity index (χ3v) is 5.13. The lowest BCUT2D eigenvalue weighted by Gasteiger charge is -2.15. The summed E-state index contributed by atoms with van der Waals surface area (Å²) in [5.74, 6) is -2.86. The molecule has 0 saturated carbocycles. The van der Waals surface area contributed by atoms with Gasteiger partial charge in [-0.3, -0.25) is 14.4 Å². The summed E-state index contributed by atoms with van der Waals surface area (Å²) >= 11 is 6.18. The minimum absolute atomic E-state index is 0.0256. The van der Waals surface area contributed by atoms with E-state index in [2.05, 4.69) is 40.2 Å². The molecule has 15 heteroatoms. The number of ether oxygens (including phenoxy) is 2. The summed E-state index contributed by atoms with van der Waals surface area (Å²) in [7, 11) is 2.50. The molecule has 2 amide bonds. The van der Waals surface area contributed by atoms with Crippen LogP contribution < -0.4 is 15.4 Å². The molecule has 0 fully saturated rings. The van der Waals surface area contributed by atoms with Crippen LogP contribution in [0.1, 0.15) is 32.0 Å². The quantitative estimate of drug-likeness (QED) is 0.222. The van der Waals surface area contributed by atoms with Crippen LogP contribution in [0.15, 0.2) is 41.7 Å². The number of carbonyl (C=O) groups excluding carboxylic acids is 3. The number of anilines is 1. The molecule has 3 aromatic rings. The number of hydrogen-bond acceptors (Lipinski definition) is 9. The van der Waals surface area contributed by atoms with Crippen molar-refractivity contribution in [3.8, 4) is 11.7 Å². The van der Waals surface area contributed by atoms with Gasteiger partial charge >= 0.3 is 12.6 Å². The van der Waals surface area contributed by atoms with E-state index in [9.17, 15) is 23.2 Å². The molecule has 0 aliphatic carbocycles. The zero-order chi connectivity index (χ0) is 27.8. The highest BCUT2D eigenvalue weighted by atomic mass is 35.5. The molecule has 2 heterocycles. The minimum Gasteiger partial charge on any atom is -0.468 e. The number of halogens is 3. The Morgan fingerprint density at radius 2 is 1.97 bits per heavy atom. The number of nitrogens with zero attached hydrogens (tertiary/aromatic N) is 4. The SMILES string of the molecule is CON=Cc1cc(C)c(NC(=O)c2cc(OC(F)F)nn2-c2ncccc2Cl)c(C(=O)NCC(=O)OC)c1. The van der Waals surface area contributed by atoms with Gasteiger partial charge in [-0.25, -0.2) is 9.67 Å². The number of oxime groups is 1. The van der Waals surface area contributed by atoms with E-state index in [1.54, 1.807) is 13.0 Å². The van der Waals surface area contributed by atoms with Gasteiger partial charge in [0.1, 0.15) is 19.3 Å². The molecule has 0 saturated heterocycles. The van der Waals surface area contributed by atoms with Gasteiger partial charge < -0.3 is 24.9 Å². The summed E-state index contributed by atoms with van der Waals surface area (Å²) in [5.41, 5.74) is 0.622. The van der Waals surface area contributed by atoms with Crippen LogP contribution in [0.5, 0.6) is 5.88 Å². The van der Waals surface area contributed by atoms with Crippen LogP contribution in [0, 0.1) is 6.92 Å². The molecular formula is C23H21ClF2N6O6. The van der Waals surface area contributed by atoms with Crippen LogP contribution in [-0.2, 0) is 14.4 Å². The third kappa shape index (κ3) is 6.79. The van der Waals surface area contributed by atoms with E-state index in [1.807, 2.05) is 0 Å². The minimum atomic E-state index is -3.21. The molecule has 12 nitrogen and oxygen atoms in total. The van der Waals surface area contributed by atoms with Crippen LogP contribution in [0.2, 0.25) is 5.02 Å². The van der Waals surface area contributed by atoms with Crippen LogP contribution in [0.25, 0.3) is 5.82 Å². The summed E-state index contributed by atoms with van der Waals surface area (Å²) in [6.07, 6.45) is 2.70. The number of amides is 2. The van der Waals surface area contributed by atoms with E-state index in [1.165, 1.54) is 37.7 Å². The normalized spacial score (nSPS) is 10.9. The van der Waals surface area contributed by atoms with Crippen LogP contribution in [0.3, 0.4) is 0 Å². The lowest BCUT2D eigenvalue weighted by molar-refractivity contribution is -0.139. The van der Waals surface area contributed by atoms with Crippen LogP contribution >= 0.6 is 11.6 Å². The maximum atomic E-state index is 13.4. The highest BCUT2D eigenvalue weighted by Crippen LogP contribution is 2.27. The third-order valence-electron chi connectivity index (χ3n) is 4.84. The van der Waals surface area contributed by atoms with Gasteiger partial charge in [-0.05, 0) is 42.3 Å². The van der Waals surface area contributed by atoms with Crippen molar-refractivity contribution in [3.05, 3.63) is 63.9 Å². The topological polar surface area (TPSA) is 146 Å². The predicted octanol–water partition coefficient (Wildman–Crippen LogP) is 2.97. The number of alkyl halides is 2. The van der Waals surface area contributed by atoms with Crippen molar-refractivity contribution in [2.45, 2.75) is 13.5 Å². The maximum absolute atomic E-state index is 13.4. The summed E-state index contributed by atoms with van der Waals surface area (Å²) in [6.45, 7) is -2.03. The van der Waals surface area contributed by atoms with Gasteiger partial charge in [0.15, 0.2) is 5.82 Å². The zero-order valence-corrected chi connectivity index (χ0v) is 21.0. The molecule has 3 rings (SSSR count).